The van der Waals surface area contributed by atoms with Gasteiger partial charge in [-0.3, -0.25) is 4.79 Å². The molecule has 0 unspecified atom stereocenters. The van der Waals surface area contributed by atoms with Crippen LogP contribution in [0.15, 0.2) is 22.8 Å². The number of rotatable bonds is 4. The summed E-state index contributed by atoms with van der Waals surface area (Å²) in [6.07, 6.45) is 2.51. The molecule has 0 saturated carbocycles. The van der Waals surface area contributed by atoms with Gasteiger partial charge in [0.2, 0.25) is 5.91 Å². The van der Waals surface area contributed by atoms with Gasteiger partial charge in [-0.05, 0) is 49.4 Å². The van der Waals surface area contributed by atoms with Crippen LogP contribution in [0.25, 0.3) is 11.0 Å². The summed E-state index contributed by atoms with van der Waals surface area (Å²) in [4.78, 5) is 12.1. The summed E-state index contributed by atoms with van der Waals surface area (Å²) in [5, 5.41) is 3.81. The van der Waals surface area contributed by atoms with E-state index in [4.69, 9.17) is 4.42 Å². The summed E-state index contributed by atoms with van der Waals surface area (Å²) < 4.78 is 28.4. The highest BCUT2D eigenvalue weighted by Gasteiger charge is 2.27. The van der Waals surface area contributed by atoms with E-state index in [2.05, 4.69) is 5.32 Å². The number of furan rings is 1. The van der Waals surface area contributed by atoms with Gasteiger partial charge in [-0.1, -0.05) is 0 Å². The first-order chi connectivity index (χ1) is 10.8. The maximum Gasteiger partial charge on any atom is 0.224 e. The van der Waals surface area contributed by atoms with Crippen molar-refractivity contribution in [3.63, 3.8) is 0 Å². The fourth-order valence-electron chi connectivity index (χ4n) is 3.00. The van der Waals surface area contributed by atoms with Gasteiger partial charge in [-0.25, -0.2) is 8.42 Å². The maximum absolute atomic E-state index is 12.1. The van der Waals surface area contributed by atoms with Gasteiger partial charge in [0.1, 0.15) is 5.58 Å². The molecule has 1 amide bonds. The monoisotopic (exact) mass is 335 g/mol. The van der Waals surface area contributed by atoms with Gasteiger partial charge in [0.15, 0.2) is 9.84 Å². The summed E-state index contributed by atoms with van der Waals surface area (Å²) in [5.41, 5.74) is 3.97. The highest BCUT2D eigenvalue weighted by atomic mass is 32.2. The fourth-order valence-corrected chi connectivity index (χ4v) is 4.86. The molecule has 1 aromatic heterocycles. The first-order valence-corrected chi connectivity index (χ1v) is 9.60. The molecular formula is C17H21NO4S. The largest absolute Gasteiger partial charge is 0.464 e. The van der Waals surface area contributed by atoms with Crippen LogP contribution in [-0.4, -0.2) is 32.4 Å². The topological polar surface area (TPSA) is 76.4 Å². The zero-order valence-corrected chi connectivity index (χ0v) is 14.2. The Hall–Kier alpha value is -1.82. The zero-order valence-electron chi connectivity index (χ0n) is 13.4. The van der Waals surface area contributed by atoms with Crippen molar-refractivity contribution >= 4 is 26.7 Å². The van der Waals surface area contributed by atoms with Crippen LogP contribution in [0.5, 0.6) is 0 Å². The number of nitrogens with one attached hydrogen (secondary N) is 1. The maximum atomic E-state index is 12.1. The molecule has 1 aliphatic heterocycles. The van der Waals surface area contributed by atoms with Crippen LogP contribution >= 0.6 is 0 Å². The zero-order chi connectivity index (χ0) is 16.6. The van der Waals surface area contributed by atoms with E-state index >= 15 is 0 Å². The molecule has 5 nitrogen and oxygen atoms in total. The summed E-state index contributed by atoms with van der Waals surface area (Å²) in [6, 6.07) is 4.02. The smallest absolute Gasteiger partial charge is 0.224 e. The molecule has 2 aromatic rings. The molecule has 1 fully saturated rings. The molecule has 1 aromatic carbocycles. The lowest BCUT2D eigenvalue weighted by Crippen LogP contribution is -2.30. The average Bonchev–Trinajstić information content (AvgIpc) is 3.01. The molecule has 1 atom stereocenters. The molecule has 2 heterocycles. The van der Waals surface area contributed by atoms with Crippen LogP contribution in [-0.2, 0) is 21.1 Å². The molecule has 0 bridgehead atoms. The SMILES string of the molecule is Cc1cc2occ(CC(=O)NC[C@@H]3CCS(=O)(=O)C3)c2cc1C. The van der Waals surface area contributed by atoms with Crippen LogP contribution in [0.1, 0.15) is 23.1 Å². The Balaban J connectivity index is 1.63. The second-order valence-electron chi connectivity index (χ2n) is 6.44. The lowest BCUT2D eigenvalue weighted by Gasteiger charge is -2.09. The number of carbonyl (C=O) groups is 1. The van der Waals surface area contributed by atoms with Crippen molar-refractivity contribution in [2.75, 3.05) is 18.1 Å². The molecule has 124 valence electrons. The number of aryl methyl sites for hydroxylation is 2. The molecule has 0 radical (unpaired) electrons. The van der Waals surface area contributed by atoms with Crippen molar-refractivity contribution < 1.29 is 17.6 Å². The van der Waals surface area contributed by atoms with E-state index in [1.165, 1.54) is 0 Å². The number of sulfone groups is 1. The van der Waals surface area contributed by atoms with Gasteiger partial charge in [-0.2, -0.15) is 0 Å². The Morgan fingerprint density at radius 3 is 2.74 bits per heavy atom. The Morgan fingerprint density at radius 2 is 2.04 bits per heavy atom. The van der Waals surface area contributed by atoms with Crippen LogP contribution in [0.4, 0.5) is 0 Å². The Kier molecular flexibility index (Phi) is 4.19. The minimum absolute atomic E-state index is 0.0370. The summed E-state index contributed by atoms with van der Waals surface area (Å²) in [5.74, 6) is 0.351. The van der Waals surface area contributed by atoms with Crippen LogP contribution in [0.2, 0.25) is 0 Å². The molecule has 0 aliphatic carbocycles. The quantitative estimate of drug-likeness (QED) is 0.929. The number of carbonyl (C=O) groups excluding carboxylic acids is 1. The third kappa shape index (κ3) is 3.58. The average molecular weight is 335 g/mol. The van der Waals surface area contributed by atoms with Crippen molar-refractivity contribution in [2.45, 2.75) is 26.7 Å². The van der Waals surface area contributed by atoms with Gasteiger partial charge in [0.05, 0.1) is 24.2 Å². The summed E-state index contributed by atoms with van der Waals surface area (Å²) in [6.45, 7) is 4.48. The highest BCUT2D eigenvalue weighted by Crippen LogP contribution is 2.25. The molecule has 1 aliphatic rings. The third-order valence-corrected chi connectivity index (χ3v) is 6.37. The molecule has 1 N–H and O–H groups in total. The summed E-state index contributed by atoms with van der Waals surface area (Å²) in [7, 11) is -2.90. The molecule has 0 spiro atoms. The lowest BCUT2D eigenvalue weighted by atomic mass is 10.0. The highest BCUT2D eigenvalue weighted by molar-refractivity contribution is 7.91. The molecule has 3 rings (SSSR count). The first-order valence-electron chi connectivity index (χ1n) is 7.78. The molecule has 1 saturated heterocycles. The van der Waals surface area contributed by atoms with Gasteiger partial charge < -0.3 is 9.73 Å². The van der Waals surface area contributed by atoms with Gasteiger partial charge in [0.25, 0.3) is 0 Å². The number of fused-ring (bicyclic) bond motifs is 1. The van der Waals surface area contributed by atoms with E-state index in [0.717, 1.165) is 27.7 Å². The predicted molar refractivity (Wildman–Crippen MR) is 89.2 cm³/mol. The van der Waals surface area contributed by atoms with Crippen LogP contribution in [0.3, 0.4) is 0 Å². The number of benzene rings is 1. The van der Waals surface area contributed by atoms with E-state index in [-0.39, 0.29) is 29.8 Å². The third-order valence-electron chi connectivity index (χ3n) is 4.54. The van der Waals surface area contributed by atoms with Crippen molar-refractivity contribution in [1.29, 1.82) is 0 Å². The van der Waals surface area contributed by atoms with E-state index in [1.54, 1.807) is 6.26 Å². The standard InChI is InChI=1S/C17H21NO4S/c1-11-5-15-14(9-22-16(15)6-12(11)2)7-17(19)18-8-13-3-4-23(20,21)10-13/h5-6,9,13H,3-4,7-8,10H2,1-2H3,(H,18,19)/t13-/m0/s1. The second kappa shape index (κ2) is 6.00. The summed E-state index contributed by atoms with van der Waals surface area (Å²) >= 11 is 0. The van der Waals surface area contributed by atoms with E-state index in [0.29, 0.717) is 13.0 Å². The first kappa shape index (κ1) is 16.1. The van der Waals surface area contributed by atoms with Gasteiger partial charge in [0, 0.05) is 17.5 Å². The van der Waals surface area contributed by atoms with E-state index < -0.39 is 9.84 Å². The lowest BCUT2D eigenvalue weighted by molar-refractivity contribution is -0.120. The van der Waals surface area contributed by atoms with Crippen molar-refractivity contribution in [3.05, 3.63) is 35.1 Å². The van der Waals surface area contributed by atoms with Gasteiger partial charge in [-0.15, -0.1) is 0 Å². The van der Waals surface area contributed by atoms with E-state index in [9.17, 15) is 13.2 Å². The number of hydrogen-bond donors (Lipinski definition) is 1. The van der Waals surface area contributed by atoms with Crippen molar-refractivity contribution in [3.8, 4) is 0 Å². The minimum atomic E-state index is -2.90. The number of amides is 1. The molecule has 23 heavy (non-hydrogen) atoms. The molecular weight excluding hydrogens is 314 g/mol. The van der Waals surface area contributed by atoms with Crippen LogP contribution < -0.4 is 5.32 Å². The number of hydrogen-bond acceptors (Lipinski definition) is 4. The normalized spacial score (nSPS) is 20.0. The van der Waals surface area contributed by atoms with Crippen LogP contribution in [0, 0.1) is 19.8 Å². The molecule has 6 heteroatoms. The van der Waals surface area contributed by atoms with Crippen molar-refractivity contribution in [2.24, 2.45) is 5.92 Å². The minimum Gasteiger partial charge on any atom is -0.464 e. The Bertz CT molecular complexity index is 851. The fraction of sp³-hybridized carbons (Fsp3) is 0.471. The Labute approximate surface area is 136 Å². The van der Waals surface area contributed by atoms with E-state index in [1.807, 2.05) is 26.0 Å². The Morgan fingerprint density at radius 1 is 1.30 bits per heavy atom. The predicted octanol–water partition coefficient (Wildman–Crippen LogP) is 2.14. The van der Waals surface area contributed by atoms with Crippen molar-refractivity contribution in [1.82, 2.24) is 5.32 Å². The second-order valence-corrected chi connectivity index (χ2v) is 8.67. The van der Waals surface area contributed by atoms with Gasteiger partial charge >= 0.3 is 0 Å².